The number of ether oxygens (including phenoxy) is 2. The number of anilines is 1. The summed E-state index contributed by atoms with van der Waals surface area (Å²) in [4.78, 5) is 26.7. The number of aliphatic carboxylic acids is 1. The molecule has 1 aromatic carbocycles. The van der Waals surface area contributed by atoms with E-state index in [0.717, 1.165) is 24.3 Å². The molecule has 2 amide bonds. The Kier molecular flexibility index (Phi) is 7.11. The van der Waals surface area contributed by atoms with E-state index in [1.54, 1.807) is 16.8 Å². The Hall–Kier alpha value is -2.32. The minimum Gasteiger partial charge on any atom is -0.490 e. The average Bonchev–Trinajstić information content (AvgIpc) is 3.16. The summed E-state index contributed by atoms with van der Waals surface area (Å²) >= 11 is 0. The van der Waals surface area contributed by atoms with Crippen molar-refractivity contribution in [3.63, 3.8) is 0 Å². The number of carbonyl (C=O) groups excluding carboxylic acids is 1. The smallest absolute Gasteiger partial charge is 0.322 e. The Bertz CT molecular complexity index is 660. The Morgan fingerprint density at radius 3 is 2.68 bits per heavy atom. The lowest BCUT2D eigenvalue weighted by atomic mass is 10.2. The zero-order valence-corrected chi connectivity index (χ0v) is 16.3. The second-order valence-corrected chi connectivity index (χ2v) is 7.51. The van der Waals surface area contributed by atoms with Crippen LogP contribution < -0.4 is 10.1 Å². The highest BCUT2D eigenvalue weighted by Crippen LogP contribution is 2.25. The summed E-state index contributed by atoms with van der Waals surface area (Å²) in [5, 5.41) is 11.8. The first kappa shape index (κ1) is 20.4. The molecule has 1 aromatic rings. The van der Waals surface area contributed by atoms with Crippen molar-refractivity contribution >= 4 is 17.7 Å². The van der Waals surface area contributed by atoms with Gasteiger partial charge in [0.25, 0.3) is 0 Å². The van der Waals surface area contributed by atoms with Gasteiger partial charge in [0, 0.05) is 25.3 Å². The van der Waals surface area contributed by atoms with E-state index in [1.165, 1.54) is 12.8 Å². The number of benzene rings is 1. The van der Waals surface area contributed by atoms with E-state index >= 15 is 0 Å². The van der Waals surface area contributed by atoms with Gasteiger partial charge in [-0.3, -0.25) is 9.69 Å². The number of nitrogens with one attached hydrogen (secondary N) is 1. The summed E-state index contributed by atoms with van der Waals surface area (Å²) in [6.45, 7) is 1.78. The maximum atomic E-state index is 12.6. The van der Waals surface area contributed by atoms with E-state index in [1.807, 2.05) is 24.3 Å². The van der Waals surface area contributed by atoms with Gasteiger partial charge >= 0.3 is 12.0 Å². The van der Waals surface area contributed by atoms with Gasteiger partial charge in [-0.1, -0.05) is 0 Å². The van der Waals surface area contributed by atoms with E-state index in [2.05, 4.69) is 5.32 Å². The summed E-state index contributed by atoms with van der Waals surface area (Å²) in [7, 11) is 1.73. The molecule has 1 aliphatic heterocycles. The molecule has 2 aliphatic rings. The molecule has 3 rings (SSSR count). The first-order chi connectivity index (χ1) is 13.5. The van der Waals surface area contributed by atoms with Crippen molar-refractivity contribution in [1.29, 1.82) is 0 Å². The Balaban J connectivity index is 1.47. The van der Waals surface area contributed by atoms with E-state index < -0.39 is 5.97 Å². The lowest BCUT2D eigenvalue weighted by Gasteiger charge is -2.34. The molecule has 1 saturated carbocycles. The van der Waals surface area contributed by atoms with Crippen LogP contribution in [0.3, 0.4) is 0 Å². The minimum atomic E-state index is -0.881. The van der Waals surface area contributed by atoms with Gasteiger partial charge in [-0.2, -0.15) is 0 Å². The van der Waals surface area contributed by atoms with Crippen LogP contribution in [-0.4, -0.2) is 78.9 Å². The second-order valence-electron chi connectivity index (χ2n) is 7.51. The fourth-order valence-electron chi connectivity index (χ4n) is 3.68. The second kappa shape index (κ2) is 9.75. The van der Waals surface area contributed by atoms with Crippen LogP contribution in [0.15, 0.2) is 24.3 Å². The Labute approximate surface area is 165 Å². The fourth-order valence-corrected chi connectivity index (χ4v) is 3.68. The van der Waals surface area contributed by atoms with E-state index in [9.17, 15) is 9.59 Å². The van der Waals surface area contributed by atoms with E-state index in [0.29, 0.717) is 32.3 Å². The van der Waals surface area contributed by atoms with Crippen molar-refractivity contribution in [2.75, 3.05) is 45.2 Å². The maximum absolute atomic E-state index is 12.6. The van der Waals surface area contributed by atoms with Crippen molar-refractivity contribution in [2.45, 2.75) is 37.9 Å². The van der Waals surface area contributed by atoms with Gasteiger partial charge in [-0.25, -0.2) is 4.79 Å². The molecule has 0 spiro atoms. The maximum Gasteiger partial charge on any atom is 0.322 e. The number of rotatable bonds is 7. The molecule has 2 N–H and O–H groups in total. The van der Waals surface area contributed by atoms with Crippen molar-refractivity contribution in [3.8, 4) is 5.75 Å². The number of hydrogen-bond acceptors (Lipinski definition) is 5. The predicted molar refractivity (Wildman–Crippen MR) is 105 cm³/mol. The molecule has 1 aliphatic carbocycles. The SMILES string of the molecule is CN(CC(=O)O)CC1CN(C(=O)Nc2ccc(OC3CCCC3)cc2)CCO1. The Morgan fingerprint density at radius 2 is 2.00 bits per heavy atom. The zero-order valence-electron chi connectivity index (χ0n) is 16.3. The number of likely N-dealkylation sites (N-methyl/N-ethyl adjacent to an activating group) is 1. The lowest BCUT2D eigenvalue weighted by Crippen LogP contribution is -2.50. The highest BCUT2D eigenvalue weighted by atomic mass is 16.5. The molecule has 1 unspecified atom stereocenters. The normalized spacial score (nSPS) is 20.4. The Morgan fingerprint density at radius 1 is 1.29 bits per heavy atom. The third kappa shape index (κ3) is 6.10. The van der Waals surface area contributed by atoms with Gasteiger partial charge in [0.2, 0.25) is 0 Å². The van der Waals surface area contributed by atoms with E-state index in [-0.39, 0.29) is 18.7 Å². The first-order valence-corrected chi connectivity index (χ1v) is 9.84. The largest absolute Gasteiger partial charge is 0.490 e. The lowest BCUT2D eigenvalue weighted by molar-refractivity contribution is -0.138. The number of morpholine rings is 1. The van der Waals surface area contributed by atoms with Gasteiger partial charge in [0.1, 0.15) is 5.75 Å². The monoisotopic (exact) mass is 391 g/mol. The number of carboxylic acids is 1. The molecule has 0 bridgehead atoms. The molecule has 154 valence electrons. The number of urea groups is 1. The molecule has 1 heterocycles. The van der Waals surface area contributed by atoms with Crippen molar-refractivity contribution in [3.05, 3.63) is 24.3 Å². The molecule has 0 aromatic heterocycles. The van der Waals surface area contributed by atoms with Gasteiger partial charge in [-0.15, -0.1) is 0 Å². The molecule has 1 atom stereocenters. The van der Waals surface area contributed by atoms with Crippen molar-refractivity contribution in [1.82, 2.24) is 9.80 Å². The summed E-state index contributed by atoms with van der Waals surface area (Å²) in [6, 6.07) is 7.29. The summed E-state index contributed by atoms with van der Waals surface area (Å²) in [5.74, 6) is -0.0499. The topological polar surface area (TPSA) is 91.3 Å². The molecule has 8 nitrogen and oxygen atoms in total. The van der Waals surface area contributed by atoms with Gasteiger partial charge < -0.3 is 24.8 Å². The molecule has 1 saturated heterocycles. The van der Waals surface area contributed by atoms with Gasteiger partial charge in [-0.05, 0) is 57.0 Å². The molecular formula is C20H29N3O5. The number of carboxylic acid groups (broad SMARTS) is 1. The van der Waals surface area contributed by atoms with Gasteiger partial charge in [0.15, 0.2) is 0 Å². The highest BCUT2D eigenvalue weighted by Gasteiger charge is 2.25. The summed E-state index contributed by atoms with van der Waals surface area (Å²) in [6.07, 6.45) is 4.78. The summed E-state index contributed by atoms with van der Waals surface area (Å²) < 4.78 is 11.6. The van der Waals surface area contributed by atoms with Crippen LogP contribution in [-0.2, 0) is 9.53 Å². The summed E-state index contributed by atoms with van der Waals surface area (Å²) in [5.41, 5.74) is 0.717. The first-order valence-electron chi connectivity index (χ1n) is 9.84. The molecule has 0 radical (unpaired) electrons. The van der Waals surface area contributed by atoms with Crippen LogP contribution in [0.4, 0.5) is 10.5 Å². The highest BCUT2D eigenvalue weighted by molar-refractivity contribution is 5.89. The quantitative estimate of drug-likeness (QED) is 0.741. The number of carbonyl (C=O) groups is 2. The van der Waals surface area contributed by atoms with Crippen LogP contribution in [0.5, 0.6) is 5.75 Å². The van der Waals surface area contributed by atoms with Crippen LogP contribution in [0.25, 0.3) is 0 Å². The van der Waals surface area contributed by atoms with E-state index in [4.69, 9.17) is 14.6 Å². The molecular weight excluding hydrogens is 362 g/mol. The van der Waals surface area contributed by atoms with Crippen LogP contribution in [0, 0.1) is 0 Å². The van der Waals surface area contributed by atoms with Crippen molar-refractivity contribution < 1.29 is 24.2 Å². The number of nitrogens with zero attached hydrogens (tertiary/aromatic N) is 2. The molecule has 8 heteroatoms. The zero-order chi connectivity index (χ0) is 19.9. The molecule has 28 heavy (non-hydrogen) atoms. The number of hydrogen-bond donors (Lipinski definition) is 2. The van der Waals surface area contributed by atoms with Crippen LogP contribution >= 0.6 is 0 Å². The number of amides is 2. The third-order valence-corrected chi connectivity index (χ3v) is 5.06. The minimum absolute atomic E-state index is 0.0542. The van der Waals surface area contributed by atoms with Gasteiger partial charge in [0.05, 0.1) is 25.4 Å². The average molecular weight is 391 g/mol. The van der Waals surface area contributed by atoms with Crippen molar-refractivity contribution in [2.24, 2.45) is 0 Å². The molecule has 2 fully saturated rings. The third-order valence-electron chi connectivity index (χ3n) is 5.06. The van der Waals surface area contributed by atoms with Crippen LogP contribution in [0.2, 0.25) is 0 Å². The fraction of sp³-hybridized carbons (Fsp3) is 0.600. The predicted octanol–water partition coefficient (Wildman–Crippen LogP) is 2.26. The van der Waals surface area contributed by atoms with Crippen LogP contribution in [0.1, 0.15) is 25.7 Å². The standard InChI is InChI=1S/C20H29N3O5/c1-22(14-19(24)25)12-18-13-23(10-11-27-18)20(26)21-15-6-8-17(9-7-15)28-16-4-2-3-5-16/h6-9,16,18H,2-5,10-14H2,1H3,(H,21,26)(H,24,25).